The van der Waals surface area contributed by atoms with Crippen LogP contribution in [0.4, 0.5) is 5.00 Å². The molecule has 22 heavy (non-hydrogen) atoms. The molecule has 112 valence electrons. The van der Waals surface area contributed by atoms with Crippen LogP contribution in [-0.2, 0) is 9.53 Å². The Hall–Kier alpha value is -2.65. The van der Waals surface area contributed by atoms with E-state index in [0.717, 1.165) is 5.56 Å². The summed E-state index contributed by atoms with van der Waals surface area (Å²) >= 11 is 1.24. The lowest BCUT2D eigenvalue weighted by Gasteiger charge is -2.08. The number of esters is 1. The molecule has 0 aliphatic heterocycles. The first-order valence-corrected chi connectivity index (χ1v) is 7.56. The SMILES string of the molecule is CCOC(=O)c1c(-c2ccccc2)csc1NC(=O)CC#N. The topological polar surface area (TPSA) is 79.2 Å². The van der Waals surface area contributed by atoms with E-state index in [4.69, 9.17) is 10.00 Å². The quantitative estimate of drug-likeness (QED) is 0.857. The number of nitriles is 1. The number of nitrogens with zero attached hydrogens (tertiary/aromatic N) is 1. The molecule has 1 amide bonds. The Morgan fingerprint density at radius 3 is 2.68 bits per heavy atom. The lowest BCUT2D eigenvalue weighted by atomic mass is 10.0. The molecule has 0 fully saturated rings. The van der Waals surface area contributed by atoms with Gasteiger partial charge in [-0.25, -0.2) is 4.79 Å². The van der Waals surface area contributed by atoms with E-state index in [1.165, 1.54) is 11.3 Å². The number of carbonyl (C=O) groups is 2. The van der Waals surface area contributed by atoms with Crippen molar-refractivity contribution in [1.82, 2.24) is 0 Å². The lowest BCUT2D eigenvalue weighted by Crippen LogP contribution is -2.13. The molecule has 2 rings (SSSR count). The summed E-state index contributed by atoms with van der Waals surface area (Å²) in [5.74, 6) is -0.940. The molecule has 0 unspecified atom stereocenters. The average Bonchev–Trinajstić information content (AvgIpc) is 2.92. The fourth-order valence-electron chi connectivity index (χ4n) is 1.93. The molecule has 0 aliphatic rings. The van der Waals surface area contributed by atoms with Gasteiger partial charge < -0.3 is 10.1 Å². The van der Waals surface area contributed by atoms with Gasteiger partial charge in [0.2, 0.25) is 5.91 Å². The summed E-state index contributed by atoms with van der Waals surface area (Å²) in [5.41, 5.74) is 1.89. The standard InChI is InChI=1S/C16H14N2O3S/c1-2-21-16(20)14-12(11-6-4-3-5-7-11)10-22-15(14)18-13(19)8-9-17/h3-7,10H,2,8H2,1H3,(H,18,19). The number of thiophene rings is 1. The van der Waals surface area contributed by atoms with Crippen LogP contribution in [0.15, 0.2) is 35.7 Å². The van der Waals surface area contributed by atoms with E-state index in [2.05, 4.69) is 5.32 Å². The predicted octanol–water partition coefficient (Wildman–Crippen LogP) is 3.44. The average molecular weight is 314 g/mol. The van der Waals surface area contributed by atoms with Crippen LogP contribution >= 0.6 is 11.3 Å². The molecule has 0 atom stereocenters. The monoisotopic (exact) mass is 314 g/mol. The smallest absolute Gasteiger partial charge is 0.341 e. The van der Waals surface area contributed by atoms with Crippen LogP contribution in [0.5, 0.6) is 0 Å². The third-order valence-corrected chi connectivity index (χ3v) is 3.74. The summed E-state index contributed by atoms with van der Waals surface area (Å²) in [4.78, 5) is 23.8. The molecule has 0 bridgehead atoms. The highest BCUT2D eigenvalue weighted by Gasteiger charge is 2.22. The second-order valence-electron chi connectivity index (χ2n) is 4.32. The van der Waals surface area contributed by atoms with E-state index in [1.807, 2.05) is 30.3 Å². The number of hydrogen-bond acceptors (Lipinski definition) is 5. The van der Waals surface area contributed by atoms with Crippen molar-refractivity contribution in [3.63, 3.8) is 0 Å². The zero-order valence-corrected chi connectivity index (χ0v) is 12.8. The van der Waals surface area contributed by atoms with Gasteiger partial charge in [-0.15, -0.1) is 11.3 Å². The van der Waals surface area contributed by atoms with Crippen LogP contribution in [0, 0.1) is 11.3 Å². The van der Waals surface area contributed by atoms with E-state index in [9.17, 15) is 9.59 Å². The van der Waals surface area contributed by atoms with Crippen molar-refractivity contribution in [2.75, 3.05) is 11.9 Å². The number of carbonyl (C=O) groups excluding carboxylic acids is 2. The summed E-state index contributed by atoms with van der Waals surface area (Å²) < 4.78 is 5.08. The number of amides is 1. The van der Waals surface area contributed by atoms with Crippen molar-refractivity contribution in [3.05, 3.63) is 41.3 Å². The minimum absolute atomic E-state index is 0.245. The fourth-order valence-corrected chi connectivity index (χ4v) is 2.90. The number of rotatable bonds is 5. The summed E-state index contributed by atoms with van der Waals surface area (Å²) in [6, 6.07) is 11.2. The lowest BCUT2D eigenvalue weighted by molar-refractivity contribution is -0.115. The van der Waals surface area contributed by atoms with Crippen LogP contribution in [0.3, 0.4) is 0 Å². The molecule has 1 aromatic heterocycles. The molecule has 1 N–H and O–H groups in total. The highest BCUT2D eigenvalue weighted by molar-refractivity contribution is 7.15. The van der Waals surface area contributed by atoms with Crippen LogP contribution in [-0.4, -0.2) is 18.5 Å². The molecular formula is C16H14N2O3S. The number of ether oxygens (including phenoxy) is 1. The first-order chi connectivity index (χ1) is 10.7. The van der Waals surface area contributed by atoms with Gasteiger partial charge in [0.05, 0.1) is 12.7 Å². The number of anilines is 1. The number of hydrogen-bond donors (Lipinski definition) is 1. The molecule has 0 saturated heterocycles. The van der Waals surface area contributed by atoms with Gasteiger partial charge in [0, 0.05) is 10.9 Å². The Kier molecular flexibility index (Phi) is 5.28. The second kappa shape index (κ2) is 7.38. The van der Waals surface area contributed by atoms with Crippen molar-refractivity contribution in [2.24, 2.45) is 0 Å². The van der Waals surface area contributed by atoms with E-state index >= 15 is 0 Å². The molecule has 0 radical (unpaired) electrons. The van der Waals surface area contributed by atoms with Gasteiger partial charge in [0.15, 0.2) is 0 Å². The summed E-state index contributed by atoms with van der Waals surface area (Å²) in [6.45, 7) is 1.97. The van der Waals surface area contributed by atoms with Crippen molar-refractivity contribution >= 4 is 28.2 Å². The molecule has 1 aromatic carbocycles. The minimum Gasteiger partial charge on any atom is -0.462 e. The second-order valence-corrected chi connectivity index (χ2v) is 5.20. The van der Waals surface area contributed by atoms with E-state index < -0.39 is 11.9 Å². The van der Waals surface area contributed by atoms with E-state index in [0.29, 0.717) is 16.1 Å². The predicted molar refractivity (Wildman–Crippen MR) is 84.6 cm³/mol. The van der Waals surface area contributed by atoms with Crippen molar-refractivity contribution in [3.8, 4) is 17.2 Å². The minimum atomic E-state index is -0.491. The summed E-state index contributed by atoms with van der Waals surface area (Å²) in [7, 11) is 0. The van der Waals surface area contributed by atoms with Gasteiger partial charge in [-0.1, -0.05) is 30.3 Å². The Bertz CT molecular complexity index is 717. The Morgan fingerprint density at radius 2 is 2.05 bits per heavy atom. The van der Waals surface area contributed by atoms with Crippen LogP contribution in [0.2, 0.25) is 0 Å². The molecule has 2 aromatic rings. The maximum Gasteiger partial charge on any atom is 0.341 e. The van der Waals surface area contributed by atoms with Gasteiger partial charge in [-0.2, -0.15) is 5.26 Å². The van der Waals surface area contributed by atoms with Gasteiger partial charge in [-0.3, -0.25) is 4.79 Å². The molecule has 1 heterocycles. The Balaban J connectivity index is 2.43. The fraction of sp³-hybridized carbons (Fsp3) is 0.188. The zero-order valence-electron chi connectivity index (χ0n) is 12.0. The third-order valence-electron chi connectivity index (χ3n) is 2.85. The zero-order chi connectivity index (χ0) is 15.9. The molecule has 5 nitrogen and oxygen atoms in total. The summed E-state index contributed by atoms with van der Waals surface area (Å²) in [5, 5.41) is 13.4. The first-order valence-electron chi connectivity index (χ1n) is 6.68. The van der Waals surface area contributed by atoms with Crippen LogP contribution in [0.25, 0.3) is 11.1 Å². The summed E-state index contributed by atoms with van der Waals surface area (Å²) in [6.07, 6.45) is -0.263. The van der Waals surface area contributed by atoms with E-state index in [-0.39, 0.29) is 13.0 Å². The molecule has 0 aliphatic carbocycles. The number of benzene rings is 1. The van der Waals surface area contributed by atoms with Gasteiger partial charge >= 0.3 is 5.97 Å². The van der Waals surface area contributed by atoms with E-state index in [1.54, 1.807) is 18.4 Å². The molecular weight excluding hydrogens is 300 g/mol. The van der Waals surface area contributed by atoms with Gasteiger partial charge in [0.1, 0.15) is 17.0 Å². The highest BCUT2D eigenvalue weighted by atomic mass is 32.1. The van der Waals surface area contributed by atoms with Crippen molar-refractivity contribution in [2.45, 2.75) is 13.3 Å². The molecule has 0 saturated carbocycles. The van der Waals surface area contributed by atoms with Crippen molar-refractivity contribution < 1.29 is 14.3 Å². The largest absolute Gasteiger partial charge is 0.462 e. The normalized spacial score (nSPS) is 9.82. The maximum absolute atomic E-state index is 12.2. The van der Waals surface area contributed by atoms with Gasteiger partial charge in [0.25, 0.3) is 0 Å². The highest BCUT2D eigenvalue weighted by Crippen LogP contribution is 2.36. The Morgan fingerprint density at radius 1 is 1.32 bits per heavy atom. The molecule has 0 spiro atoms. The first kappa shape index (κ1) is 15.7. The van der Waals surface area contributed by atoms with Crippen molar-refractivity contribution in [1.29, 1.82) is 5.26 Å². The maximum atomic E-state index is 12.2. The van der Waals surface area contributed by atoms with Gasteiger partial charge in [-0.05, 0) is 12.5 Å². The van der Waals surface area contributed by atoms with Crippen LogP contribution in [0.1, 0.15) is 23.7 Å². The third kappa shape index (κ3) is 3.51. The van der Waals surface area contributed by atoms with Crippen LogP contribution < -0.4 is 5.32 Å². The Labute approximate surface area is 132 Å². The number of nitrogens with one attached hydrogen (secondary N) is 1. The molecule has 6 heteroatoms.